The third-order valence-corrected chi connectivity index (χ3v) is 3.04. The molecule has 2 heterocycles. The fourth-order valence-corrected chi connectivity index (χ4v) is 2.04. The maximum absolute atomic E-state index is 4.20. The van der Waals surface area contributed by atoms with Gasteiger partial charge >= 0.3 is 0 Å². The zero-order chi connectivity index (χ0) is 12.9. The van der Waals surface area contributed by atoms with E-state index in [0.29, 0.717) is 0 Å². The van der Waals surface area contributed by atoms with E-state index < -0.39 is 0 Å². The highest BCUT2D eigenvalue weighted by Gasteiger charge is 2.06. The molecule has 0 N–H and O–H groups in total. The van der Waals surface area contributed by atoms with E-state index >= 15 is 0 Å². The highest BCUT2D eigenvalue weighted by Crippen LogP contribution is 2.11. The second-order valence-electron chi connectivity index (χ2n) is 4.31. The third kappa shape index (κ3) is 2.68. The molecule has 4 nitrogen and oxygen atoms in total. The molecule has 19 heavy (non-hydrogen) atoms. The van der Waals surface area contributed by atoms with Crippen molar-refractivity contribution in [1.82, 2.24) is 19.7 Å². The van der Waals surface area contributed by atoms with Crippen molar-refractivity contribution in [2.24, 2.45) is 0 Å². The van der Waals surface area contributed by atoms with Crippen molar-refractivity contribution >= 4 is 0 Å². The van der Waals surface area contributed by atoms with Crippen molar-refractivity contribution in [3.05, 3.63) is 72.6 Å². The molecule has 2 aromatic heterocycles. The summed E-state index contributed by atoms with van der Waals surface area (Å²) in [5.74, 6) is 0.975. The van der Waals surface area contributed by atoms with E-state index in [1.807, 2.05) is 47.3 Å². The molecule has 1 aromatic carbocycles. The lowest BCUT2D eigenvalue weighted by atomic mass is 10.1. The minimum atomic E-state index is 0.860. The molecule has 0 radical (unpaired) electrons. The summed E-state index contributed by atoms with van der Waals surface area (Å²) in [5.41, 5.74) is 2.36. The summed E-state index contributed by atoms with van der Waals surface area (Å²) in [6.45, 7) is 0. The monoisotopic (exact) mass is 250 g/mol. The Morgan fingerprint density at radius 2 is 1.68 bits per heavy atom. The summed E-state index contributed by atoms with van der Waals surface area (Å²) in [4.78, 5) is 4.02. The van der Waals surface area contributed by atoms with Gasteiger partial charge in [-0.05, 0) is 36.2 Å². The molecule has 0 bridgehead atoms. The summed E-state index contributed by atoms with van der Waals surface area (Å²) in [7, 11) is 0. The predicted octanol–water partition coefficient (Wildman–Crippen LogP) is 2.45. The molecule has 0 fully saturated rings. The summed E-state index contributed by atoms with van der Waals surface area (Å²) in [5, 5.41) is 8.22. The van der Waals surface area contributed by atoms with Gasteiger partial charge in [0.1, 0.15) is 12.2 Å². The van der Waals surface area contributed by atoms with Crippen LogP contribution in [0.4, 0.5) is 0 Å². The van der Waals surface area contributed by atoms with Crippen molar-refractivity contribution < 1.29 is 0 Å². The number of para-hydroxylation sites is 1. The quantitative estimate of drug-likeness (QED) is 0.714. The molecule has 0 unspecified atom stereocenters. The van der Waals surface area contributed by atoms with Crippen LogP contribution >= 0.6 is 0 Å². The lowest BCUT2D eigenvalue weighted by molar-refractivity contribution is 0.820. The van der Waals surface area contributed by atoms with Crippen LogP contribution in [0.1, 0.15) is 11.4 Å². The minimum absolute atomic E-state index is 0.860. The number of rotatable bonds is 4. The maximum atomic E-state index is 4.20. The number of aromatic nitrogens is 4. The van der Waals surface area contributed by atoms with Gasteiger partial charge in [0.15, 0.2) is 0 Å². The largest absolute Gasteiger partial charge is 0.286 e. The first-order chi connectivity index (χ1) is 9.43. The van der Waals surface area contributed by atoms with Crippen molar-refractivity contribution in [3.8, 4) is 5.69 Å². The lowest BCUT2D eigenvalue weighted by Gasteiger charge is -2.06. The van der Waals surface area contributed by atoms with Gasteiger partial charge in [0, 0.05) is 24.5 Å². The fourth-order valence-electron chi connectivity index (χ4n) is 2.04. The molecule has 0 aliphatic rings. The van der Waals surface area contributed by atoms with Gasteiger partial charge in [-0.1, -0.05) is 18.2 Å². The number of hydrogen-bond acceptors (Lipinski definition) is 3. The number of aryl methyl sites for hydroxylation is 2. The molecular weight excluding hydrogens is 236 g/mol. The first kappa shape index (κ1) is 11.6. The topological polar surface area (TPSA) is 43.6 Å². The van der Waals surface area contributed by atoms with Gasteiger partial charge in [0.25, 0.3) is 0 Å². The molecular formula is C15H14N4. The molecule has 3 rings (SSSR count). The van der Waals surface area contributed by atoms with Gasteiger partial charge in [0.05, 0.1) is 0 Å². The Bertz CT molecular complexity index is 632. The molecule has 94 valence electrons. The summed E-state index contributed by atoms with van der Waals surface area (Å²) in [6.07, 6.45) is 7.19. The SMILES string of the molecule is c1ccc(-n2cnnc2CCc2ccncc2)cc1. The Labute approximate surface area is 111 Å². The van der Waals surface area contributed by atoms with Crippen LogP contribution < -0.4 is 0 Å². The Morgan fingerprint density at radius 1 is 0.895 bits per heavy atom. The number of hydrogen-bond donors (Lipinski definition) is 0. The summed E-state index contributed by atoms with van der Waals surface area (Å²) in [6, 6.07) is 14.2. The molecule has 3 aromatic rings. The lowest BCUT2D eigenvalue weighted by Crippen LogP contribution is -2.02. The predicted molar refractivity (Wildman–Crippen MR) is 73.0 cm³/mol. The van der Waals surface area contributed by atoms with Crippen molar-refractivity contribution in [2.75, 3.05) is 0 Å². The van der Waals surface area contributed by atoms with Gasteiger partial charge in [0.2, 0.25) is 0 Å². The van der Waals surface area contributed by atoms with Gasteiger partial charge in [-0.25, -0.2) is 0 Å². The van der Waals surface area contributed by atoms with Gasteiger partial charge in [-0.2, -0.15) is 0 Å². The maximum Gasteiger partial charge on any atom is 0.137 e. The van der Waals surface area contributed by atoms with Crippen LogP contribution in [0, 0.1) is 0 Å². The van der Waals surface area contributed by atoms with Crippen LogP contribution in [-0.4, -0.2) is 19.7 Å². The van der Waals surface area contributed by atoms with Crippen molar-refractivity contribution in [3.63, 3.8) is 0 Å². The second-order valence-corrected chi connectivity index (χ2v) is 4.31. The van der Waals surface area contributed by atoms with Crippen LogP contribution in [0.5, 0.6) is 0 Å². The van der Waals surface area contributed by atoms with Crippen LogP contribution in [0.25, 0.3) is 5.69 Å². The van der Waals surface area contributed by atoms with E-state index in [0.717, 1.165) is 24.4 Å². The molecule has 0 saturated heterocycles. The molecule has 0 amide bonds. The van der Waals surface area contributed by atoms with Crippen LogP contribution in [-0.2, 0) is 12.8 Å². The van der Waals surface area contributed by atoms with E-state index in [1.165, 1.54) is 5.56 Å². The average molecular weight is 250 g/mol. The highest BCUT2D eigenvalue weighted by molar-refractivity contribution is 5.32. The third-order valence-electron chi connectivity index (χ3n) is 3.04. The zero-order valence-corrected chi connectivity index (χ0v) is 10.5. The summed E-state index contributed by atoms with van der Waals surface area (Å²) < 4.78 is 2.03. The highest BCUT2D eigenvalue weighted by atomic mass is 15.3. The smallest absolute Gasteiger partial charge is 0.137 e. The van der Waals surface area contributed by atoms with Crippen LogP contribution in [0.15, 0.2) is 61.2 Å². The molecule has 0 spiro atoms. The van der Waals surface area contributed by atoms with Gasteiger partial charge in [-0.3, -0.25) is 9.55 Å². The normalized spacial score (nSPS) is 10.5. The number of pyridine rings is 1. The van der Waals surface area contributed by atoms with E-state index in [-0.39, 0.29) is 0 Å². The molecule has 0 aliphatic heterocycles. The number of nitrogens with zero attached hydrogens (tertiary/aromatic N) is 4. The molecule has 0 saturated carbocycles. The Kier molecular flexibility index (Phi) is 3.32. The minimum Gasteiger partial charge on any atom is -0.286 e. The van der Waals surface area contributed by atoms with E-state index in [2.05, 4.69) is 27.3 Å². The Hall–Kier alpha value is -2.49. The Morgan fingerprint density at radius 3 is 2.47 bits per heavy atom. The summed E-state index contributed by atoms with van der Waals surface area (Å²) >= 11 is 0. The molecule has 4 heteroatoms. The van der Waals surface area contributed by atoms with E-state index in [1.54, 1.807) is 6.33 Å². The van der Waals surface area contributed by atoms with Crippen molar-refractivity contribution in [2.45, 2.75) is 12.8 Å². The second kappa shape index (κ2) is 5.44. The van der Waals surface area contributed by atoms with E-state index in [4.69, 9.17) is 0 Å². The molecule has 0 atom stereocenters. The standard InChI is InChI=1S/C15H14N4/c1-2-4-14(5-3-1)19-12-17-18-15(19)7-6-13-8-10-16-11-9-13/h1-5,8-12H,6-7H2. The van der Waals surface area contributed by atoms with Crippen LogP contribution in [0.2, 0.25) is 0 Å². The average Bonchev–Trinajstić information content (AvgIpc) is 2.95. The van der Waals surface area contributed by atoms with Crippen LogP contribution in [0.3, 0.4) is 0 Å². The number of benzene rings is 1. The van der Waals surface area contributed by atoms with Gasteiger partial charge in [-0.15, -0.1) is 10.2 Å². The van der Waals surface area contributed by atoms with Gasteiger partial charge < -0.3 is 0 Å². The Balaban J connectivity index is 1.78. The van der Waals surface area contributed by atoms with E-state index in [9.17, 15) is 0 Å². The van der Waals surface area contributed by atoms with Crippen molar-refractivity contribution in [1.29, 1.82) is 0 Å². The first-order valence-corrected chi connectivity index (χ1v) is 6.27. The fraction of sp³-hybridized carbons (Fsp3) is 0.133. The molecule has 0 aliphatic carbocycles. The zero-order valence-electron chi connectivity index (χ0n) is 10.5. The first-order valence-electron chi connectivity index (χ1n) is 6.27.